The van der Waals surface area contributed by atoms with Crippen LogP contribution in [-0.4, -0.2) is 32.3 Å². The Kier molecular flexibility index (Phi) is 8.06. The molecule has 7 rings (SSSR count). The largest absolute Gasteiger partial charge is 0.494 e. The van der Waals surface area contributed by atoms with Crippen molar-refractivity contribution in [3.05, 3.63) is 173 Å². The number of nitrogens with zero attached hydrogens (tertiary/aromatic N) is 6. The number of aromatic nitrogens is 5. The molecule has 0 atom stereocenters. The lowest BCUT2D eigenvalue weighted by Gasteiger charge is -2.34. The Bertz CT molecular complexity index is 2150. The number of tetrazole rings is 1. The van der Waals surface area contributed by atoms with Gasteiger partial charge >= 0.3 is 0 Å². The van der Waals surface area contributed by atoms with E-state index in [9.17, 15) is 5.26 Å². The van der Waals surface area contributed by atoms with Crippen LogP contribution >= 0.6 is 0 Å². The number of ether oxygens (including phenoxy) is 1. The van der Waals surface area contributed by atoms with E-state index < -0.39 is 5.54 Å². The molecular weight excluding hydrogens is 592 g/mol. The average molecular weight is 625 g/mol. The fraction of sp³-hybridized carbons (Fsp3) is 0.0976. The maximum Gasteiger partial charge on any atom is 0.205 e. The van der Waals surface area contributed by atoms with Crippen molar-refractivity contribution in [2.75, 3.05) is 7.11 Å². The molecule has 232 valence electrons. The molecule has 0 saturated carbocycles. The molecule has 2 heterocycles. The van der Waals surface area contributed by atoms with E-state index >= 15 is 0 Å². The molecule has 0 aliphatic heterocycles. The molecule has 7 heteroatoms. The smallest absolute Gasteiger partial charge is 0.205 e. The van der Waals surface area contributed by atoms with E-state index in [0.29, 0.717) is 34.1 Å². The minimum atomic E-state index is -0.921. The summed E-state index contributed by atoms with van der Waals surface area (Å²) in [5.74, 6) is 1.01. The molecule has 0 spiro atoms. The highest BCUT2D eigenvalue weighted by atomic mass is 16.5. The molecule has 0 bridgehead atoms. The van der Waals surface area contributed by atoms with Crippen LogP contribution < -0.4 is 4.74 Å². The van der Waals surface area contributed by atoms with Gasteiger partial charge in [-0.1, -0.05) is 133 Å². The van der Waals surface area contributed by atoms with E-state index in [4.69, 9.17) is 20.1 Å². The van der Waals surface area contributed by atoms with Gasteiger partial charge in [0.2, 0.25) is 5.82 Å². The fourth-order valence-corrected chi connectivity index (χ4v) is 6.60. The quantitative estimate of drug-likeness (QED) is 0.158. The van der Waals surface area contributed by atoms with Crippen LogP contribution in [0.25, 0.3) is 33.6 Å². The Morgan fingerprint density at radius 3 is 1.71 bits per heavy atom. The van der Waals surface area contributed by atoms with Gasteiger partial charge in [-0.2, -0.15) is 5.26 Å². The molecule has 2 aromatic heterocycles. The number of hydrogen-bond acceptors (Lipinski definition) is 6. The van der Waals surface area contributed by atoms with E-state index in [1.54, 1.807) is 11.9 Å². The SMILES string of the molecule is COc1c(C)nc(C)c(C#N)c1-c1ccc(-c2ccccc2)c(-c2nnn(C(c3ccccc3)(c3ccccc3)c3ccccc3)n2)c1. The molecule has 7 aromatic rings. The van der Waals surface area contributed by atoms with E-state index in [0.717, 1.165) is 38.9 Å². The van der Waals surface area contributed by atoms with Crippen molar-refractivity contribution in [3.63, 3.8) is 0 Å². The third-order valence-corrected chi connectivity index (χ3v) is 8.74. The molecule has 0 fully saturated rings. The summed E-state index contributed by atoms with van der Waals surface area (Å²) < 4.78 is 5.82. The molecular formula is C41H32N6O. The zero-order valence-corrected chi connectivity index (χ0v) is 26.9. The van der Waals surface area contributed by atoms with E-state index in [-0.39, 0.29) is 0 Å². The average Bonchev–Trinajstić information content (AvgIpc) is 3.64. The van der Waals surface area contributed by atoms with Gasteiger partial charge in [-0.15, -0.1) is 15.0 Å². The van der Waals surface area contributed by atoms with E-state index in [2.05, 4.69) is 59.6 Å². The highest BCUT2D eigenvalue weighted by Crippen LogP contribution is 2.43. The van der Waals surface area contributed by atoms with Gasteiger partial charge in [0, 0.05) is 11.1 Å². The first-order valence-corrected chi connectivity index (χ1v) is 15.7. The molecule has 5 aromatic carbocycles. The van der Waals surface area contributed by atoms with Gasteiger partial charge < -0.3 is 4.74 Å². The highest BCUT2D eigenvalue weighted by molar-refractivity contribution is 5.87. The summed E-state index contributed by atoms with van der Waals surface area (Å²) >= 11 is 0. The monoisotopic (exact) mass is 624 g/mol. The van der Waals surface area contributed by atoms with Crippen molar-refractivity contribution in [2.24, 2.45) is 0 Å². The Morgan fingerprint density at radius 1 is 0.646 bits per heavy atom. The van der Waals surface area contributed by atoms with Crippen LogP contribution in [0.5, 0.6) is 5.75 Å². The van der Waals surface area contributed by atoms with Gasteiger partial charge in [0.25, 0.3) is 0 Å². The van der Waals surface area contributed by atoms with Crippen molar-refractivity contribution < 1.29 is 4.74 Å². The summed E-state index contributed by atoms with van der Waals surface area (Å²) in [6.45, 7) is 3.73. The first-order chi connectivity index (χ1) is 23.6. The number of pyridine rings is 1. The highest BCUT2D eigenvalue weighted by Gasteiger charge is 2.41. The first kappa shape index (κ1) is 30.3. The standard InChI is InChI=1S/C41H32N6O/c1-28-37(27-42)38(39(48-3)29(2)43-28)31-24-25-35(30-16-8-4-9-17-30)36(26-31)40-44-46-47(45-40)41(32-18-10-5-11-19-32,33-20-12-6-13-21-33)34-22-14-7-15-23-34/h4-26H,1-3H3. The molecule has 7 nitrogen and oxygen atoms in total. The van der Waals surface area contributed by atoms with Crippen LogP contribution in [0.15, 0.2) is 140 Å². The zero-order valence-electron chi connectivity index (χ0n) is 26.9. The van der Waals surface area contributed by atoms with Crippen LogP contribution in [-0.2, 0) is 5.54 Å². The second-order valence-corrected chi connectivity index (χ2v) is 11.5. The maximum atomic E-state index is 10.2. The fourth-order valence-electron chi connectivity index (χ4n) is 6.60. The van der Waals surface area contributed by atoms with Gasteiger partial charge in [0.05, 0.1) is 24.1 Å². The van der Waals surface area contributed by atoms with Crippen molar-refractivity contribution in [1.82, 2.24) is 25.2 Å². The lowest BCUT2D eigenvalue weighted by Crippen LogP contribution is -2.39. The maximum absolute atomic E-state index is 10.2. The van der Waals surface area contributed by atoms with Crippen molar-refractivity contribution in [2.45, 2.75) is 19.4 Å². The van der Waals surface area contributed by atoms with Crippen LogP contribution in [0.3, 0.4) is 0 Å². The number of rotatable bonds is 8. The number of methoxy groups -OCH3 is 1. The van der Waals surface area contributed by atoms with Gasteiger partial charge in [0.1, 0.15) is 11.8 Å². The minimum Gasteiger partial charge on any atom is -0.494 e. The second-order valence-electron chi connectivity index (χ2n) is 11.5. The minimum absolute atomic E-state index is 0.447. The summed E-state index contributed by atoms with van der Waals surface area (Å²) in [7, 11) is 1.60. The van der Waals surface area contributed by atoms with Gasteiger partial charge in [-0.3, -0.25) is 4.98 Å². The summed E-state index contributed by atoms with van der Waals surface area (Å²) in [4.78, 5) is 6.31. The lowest BCUT2D eigenvalue weighted by molar-refractivity contribution is 0.396. The summed E-state index contributed by atoms with van der Waals surface area (Å²) in [5.41, 5.74) is 8.06. The molecule has 0 unspecified atom stereocenters. The molecule has 0 aliphatic carbocycles. The Morgan fingerprint density at radius 2 is 1.19 bits per heavy atom. The summed E-state index contributed by atoms with van der Waals surface area (Å²) in [6.07, 6.45) is 0. The zero-order chi connectivity index (χ0) is 33.1. The molecule has 0 aliphatic rings. The van der Waals surface area contributed by atoms with Gasteiger partial charge in [0.15, 0.2) is 5.54 Å². The normalized spacial score (nSPS) is 11.2. The summed E-state index contributed by atoms with van der Waals surface area (Å²) in [5, 5.41) is 25.0. The van der Waals surface area contributed by atoms with Gasteiger partial charge in [-0.25, -0.2) is 0 Å². The predicted molar refractivity (Wildman–Crippen MR) is 187 cm³/mol. The van der Waals surface area contributed by atoms with Gasteiger partial charge in [-0.05, 0) is 58.5 Å². The Balaban J connectivity index is 1.51. The molecule has 0 N–H and O–H groups in total. The number of benzene rings is 5. The first-order valence-electron chi connectivity index (χ1n) is 15.7. The van der Waals surface area contributed by atoms with Crippen LogP contribution in [0.4, 0.5) is 0 Å². The lowest BCUT2D eigenvalue weighted by atomic mass is 9.77. The third kappa shape index (κ3) is 5.10. The van der Waals surface area contributed by atoms with Crippen LogP contribution in [0, 0.1) is 25.2 Å². The van der Waals surface area contributed by atoms with Crippen molar-refractivity contribution in [3.8, 4) is 45.5 Å². The predicted octanol–water partition coefficient (Wildman–Crippen LogP) is 8.41. The summed E-state index contributed by atoms with van der Waals surface area (Å²) in [6, 6.07) is 49.4. The van der Waals surface area contributed by atoms with Crippen molar-refractivity contribution >= 4 is 0 Å². The number of nitriles is 1. The van der Waals surface area contributed by atoms with Crippen LogP contribution in [0.1, 0.15) is 33.6 Å². The topological polar surface area (TPSA) is 89.5 Å². The number of aryl methyl sites for hydroxylation is 2. The van der Waals surface area contributed by atoms with Crippen LogP contribution in [0.2, 0.25) is 0 Å². The van der Waals surface area contributed by atoms with E-state index in [1.807, 2.05) is 105 Å². The molecule has 0 amide bonds. The second kappa shape index (κ2) is 12.8. The molecule has 48 heavy (non-hydrogen) atoms. The van der Waals surface area contributed by atoms with Crippen molar-refractivity contribution in [1.29, 1.82) is 5.26 Å². The Hall–Kier alpha value is -6.39. The number of hydrogen-bond donors (Lipinski definition) is 0. The molecule has 0 saturated heterocycles. The Labute approximate surface area is 279 Å². The molecule has 0 radical (unpaired) electrons. The van der Waals surface area contributed by atoms with E-state index in [1.165, 1.54) is 0 Å². The third-order valence-electron chi connectivity index (χ3n) is 8.74.